The van der Waals surface area contributed by atoms with Gasteiger partial charge in [-0.3, -0.25) is 4.79 Å². The van der Waals surface area contributed by atoms with E-state index in [0.717, 1.165) is 6.07 Å². The molecule has 1 unspecified atom stereocenters. The molecule has 0 heterocycles. The lowest BCUT2D eigenvalue weighted by molar-refractivity contribution is -0.274. The number of hydrogen-bond donors (Lipinski definition) is 1. The van der Waals surface area contributed by atoms with Crippen molar-refractivity contribution in [1.82, 2.24) is 0 Å². The SMILES string of the molecule is CCC(Oc1ccc(OC(F)(F)F)c(Br)c1)C(N)=O. The van der Waals surface area contributed by atoms with Crippen LogP contribution in [0.5, 0.6) is 11.5 Å². The smallest absolute Gasteiger partial charge is 0.481 e. The predicted molar refractivity (Wildman–Crippen MR) is 64.7 cm³/mol. The van der Waals surface area contributed by atoms with E-state index in [-0.39, 0.29) is 10.2 Å². The van der Waals surface area contributed by atoms with E-state index < -0.39 is 24.1 Å². The Bertz CT molecular complexity index is 465. The van der Waals surface area contributed by atoms with Crippen molar-refractivity contribution in [2.75, 3.05) is 0 Å². The van der Waals surface area contributed by atoms with E-state index in [1.165, 1.54) is 12.1 Å². The van der Waals surface area contributed by atoms with Crippen molar-refractivity contribution < 1.29 is 27.4 Å². The summed E-state index contributed by atoms with van der Waals surface area (Å²) >= 11 is 2.93. The van der Waals surface area contributed by atoms with E-state index in [1.54, 1.807) is 6.92 Å². The van der Waals surface area contributed by atoms with Crippen molar-refractivity contribution >= 4 is 21.8 Å². The first-order chi connectivity index (χ1) is 8.73. The summed E-state index contributed by atoms with van der Waals surface area (Å²) in [6, 6.07) is 3.62. The van der Waals surface area contributed by atoms with Crippen molar-refractivity contribution in [1.29, 1.82) is 0 Å². The number of rotatable bonds is 5. The molecule has 0 aliphatic carbocycles. The van der Waals surface area contributed by atoms with Gasteiger partial charge in [0.1, 0.15) is 11.5 Å². The molecule has 1 aromatic rings. The Morgan fingerprint density at radius 2 is 2.11 bits per heavy atom. The Hall–Kier alpha value is -1.44. The molecular formula is C11H11BrF3NO3. The molecule has 0 radical (unpaired) electrons. The normalized spacial score (nSPS) is 12.9. The first kappa shape index (κ1) is 15.6. The molecule has 19 heavy (non-hydrogen) atoms. The Morgan fingerprint density at radius 1 is 1.47 bits per heavy atom. The highest BCUT2D eigenvalue weighted by molar-refractivity contribution is 9.10. The molecule has 1 aromatic carbocycles. The van der Waals surface area contributed by atoms with Crippen LogP contribution < -0.4 is 15.2 Å². The lowest BCUT2D eigenvalue weighted by Crippen LogP contribution is -2.32. The number of primary amides is 1. The molecule has 4 nitrogen and oxygen atoms in total. The number of halogens is 4. The topological polar surface area (TPSA) is 61.6 Å². The molecule has 1 amide bonds. The van der Waals surface area contributed by atoms with Gasteiger partial charge in [0.05, 0.1) is 4.47 Å². The fraction of sp³-hybridized carbons (Fsp3) is 0.364. The maximum absolute atomic E-state index is 12.1. The summed E-state index contributed by atoms with van der Waals surface area (Å²) in [6.07, 6.45) is -5.25. The third-order valence-corrected chi connectivity index (χ3v) is 2.72. The quantitative estimate of drug-likeness (QED) is 0.895. The van der Waals surface area contributed by atoms with Crippen LogP contribution in [0.15, 0.2) is 22.7 Å². The Labute approximate surface area is 115 Å². The van der Waals surface area contributed by atoms with Gasteiger partial charge in [0.2, 0.25) is 0 Å². The number of nitrogens with two attached hydrogens (primary N) is 1. The third kappa shape index (κ3) is 4.98. The number of alkyl halides is 3. The molecule has 0 aliphatic rings. The molecule has 8 heteroatoms. The second-order valence-corrected chi connectivity index (χ2v) is 4.41. The highest BCUT2D eigenvalue weighted by Gasteiger charge is 2.32. The number of amides is 1. The number of ether oxygens (including phenoxy) is 2. The van der Waals surface area contributed by atoms with Crippen LogP contribution >= 0.6 is 15.9 Å². The lowest BCUT2D eigenvalue weighted by Gasteiger charge is -2.15. The summed E-state index contributed by atoms with van der Waals surface area (Å²) < 4.78 is 45.2. The Kier molecular flexibility index (Phi) is 5.04. The van der Waals surface area contributed by atoms with Gasteiger partial charge in [0, 0.05) is 0 Å². The minimum Gasteiger partial charge on any atom is -0.481 e. The summed E-state index contributed by atoms with van der Waals surface area (Å²) in [4.78, 5) is 11.0. The van der Waals surface area contributed by atoms with E-state index in [1.807, 2.05) is 0 Å². The second kappa shape index (κ2) is 6.14. The molecule has 1 atom stereocenters. The van der Waals surface area contributed by atoms with Crippen LogP contribution in [0.1, 0.15) is 13.3 Å². The zero-order chi connectivity index (χ0) is 14.6. The largest absolute Gasteiger partial charge is 0.573 e. The summed E-state index contributed by atoms with van der Waals surface area (Å²) in [5.74, 6) is -0.826. The minimum absolute atomic E-state index is 0.0571. The maximum Gasteiger partial charge on any atom is 0.573 e. The standard InChI is InChI=1S/C11H11BrF3NO3/c1-2-8(10(16)17)18-6-3-4-9(7(12)5-6)19-11(13,14)15/h3-5,8H,2H2,1H3,(H2,16,17). The molecule has 0 aromatic heterocycles. The highest BCUT2D eigenvalue weighted by atomic mass is 79.9. The maximum atomic E-state index is 12.1. The zero-order valence-corrected chi connectivity index (χ0v) is 11.4. The Balaban J connectivity index is 2.85. The van der Waals surface area contributed by atoms with E-state index >= 15 is 0 Å². The van der Waals surface area contributed by atoms with Crippen LogP contribution in [0, 0.1) is 0 Å². The van der Waals surface area contributed by atoms with E-state index in [9.17, 15) is 18.0 Å². The van der Waals surface area contributed by atoms with Gasteiger partial charge in [-0.1, -0.05) is 6.92 Å². The molecule has 0 saturated carbocycles. The molecule has 1 rings (SSSR count). The molecule has 106 valence electrons. The average Bonchev–Trinajstić information content (AvgIpc) is 2.27. The fourth-order valence-electron chi connectivity index (χ4n) is 1.27. The van der Waals surface area contributed by atoms with Crippen LogP contribution in [0.25, 0.3) is 0 Å². The highest BCUT2D eigenvalue weighted by Crippen LogP contribution is 2.33. The molecule has 0 fully saturated rings. The summed E-state index contributed by atoms with van der Waals surface area (Å²) in [5.41, 5.74) is 5.10. The first-order valence-electron chi connectivity index (χ1n) is 5.24. The molecule has 0 bridgehead atoms. The number of carbonyl (C=O) groups excluding carboxylic acids is 1. The molecule has 2 N–H and O–H groups in total. The summed E-state index contributed by atoms with van der Waals surface area (Å²) in [6.45, 7) is 1.70. The molecule has 0 saturated heterocycles. The summed E-state index contributed by atoms with van der Waals surface area (Å²) in [7, 11) is 0. The van der Waals surface area contributed by atoms with E-state index in [0.29, 0.717) is 6.42 Å². The van der Waals surface area contributed by atoms with Crippen molar-refractivity contribution in [3.05, 3.63) is 22.7 Å². The van der Waals surface area contributed by atoms with E-state index in [2.05, 4.69) is 20.7 Å². The second-order valence-electron chi connectivity index (χ2n) is 3.56. The van der Waals surface area contributed by atoms with Crippen LogP contribution in [-0.2, 0) is 4.79 Å². The van der Waals surface area contributed by atoms with Gasteiger partial charge in [0.25, 0.3) is 5.91 Å². The van der Waals surface area contributed by atoms with Crippen molar-refractivity contribution in [2.45, 2.75) is 25.8 Å². The van der Waals surface area contributed by atoms with Crippen molar-refractivity contribution in [2.24, 2.45) is 5.73 Å². The summed E-state index contributed by atoms with van der Waals surface area (Å²) in [5, 5.41) is 0. The van der Waals surface area contributed by atoms with Crippen molar-refractivity contribution in [3.8, 4) is 11.5 Å². The van der Waals surface area contributed by atoms with Crippen LogP contribution in [-0.4, -0.2) is 18.4 Å². The fourth-order valence-corrected chi connectivity index (χ4v) is 1.71. The van der Waals surface area contributed by atoms with Gasteiger partial charge >= 0.3 is 6.36 Å². The lowest BCUT2D eigenvalue weighted by atomic mass is 10.2. The van der Waals surface area contributed by atoms with Gasteiger partial charge in [-0.2, -0.15) is 0 Å². The first-order valence-corrected chi connectivity index (χ1v) is 6.03. The van der Waals surface area contributed by atoms with Crippen LogP contribution in [0.2, 0.25) is 0 Å². The van der Waals surface area contributed by atoms with Gasteiger partial charge in [-0.15, -0.1) is 13.2 Å². The van der Waals surface area contributed by atoms with E-state index in [4.69, 9.17) is 10.5 Å². The Morgan fingerprint density at radius 3 is 2.53 bits per heavy atom. The monoisotopic (exact) mass is 341 g/mol. The van der Waals surface area contributed by atoms with Crippen molar-refractivity contribution in [3.63, 3.8) is 0 Å². The van der Waals surface area contributed by atoms with Crippen LogP contribution in [0.4, 0.5) is 13.2 Å². The van der Waals surface area contributed by atoms with Gasteiger partial charge in [-0.25, -0.2) is 0 Å². The van der Waals surface area contributed by atoms with Crippen LogP contribution in [0.3, 0.4) is 0 Å². The number of hydrogen-bond acceptors (Lipinski definition) is 3. The van der Waals surface area contributed by atoms with Gasteiger partial charge in [0.15, 0.2) is 6.10 Å². The molecular weight excluding hydrogens is 331 g/mol. The number of benzene rings is 1. The predicted octanol–water partition coefficient (Wildman–Crippen LogP) is 2.99. The zero-order valence-electron chi connectivity index (χ0n) is 9.83. The minimum atomic E-state index is -4.77. The average molecular weight is 342 g/mol. The number of carbonyl (C=O) groups is 1. The molecule has 0 spiro atoms. The molecule has 0 aliphatic heterocycles. The van der Waals surface area contributed by atoms with Gasteiger partial charge < -0.3 is 15.2 Å². The third-order valence-electron chi connectivity index (χ3n) is 2.10. The van der Waals surface area contributed by atoms with Gasteiger partial charge in [-0.05, 0) is 40.5 Å².